The van der Waals surface area contributed by atoms with E-state index in [1.54, 1.807) is 30.3 Å². The van der Waals surface area contributed by atoms with Gasteiger partial charge >= 0.3 is 0 Å². The van der Waals surface area contributed by atoms with Gasteiger partial charge in [0.15, 0.2) is 0 Å². The average Bonchev–Trinajstić information content (AvgIpc) is 2.57. The molecular formula is C18H19ClN2O3. The van der Waals surface area contributed by atoms with Crippen LogP contribution >= 0.6 is 11.6 Å². The van der Waals surface area contributed by atoms with E-state index < -0.39 is 0 Å². The maximum Gasteiger partial charge on any atom is 0.254 e. The number of aryl methyl sites for hydroxylation is 1. The predicted molar refractivity (Wildman–Crippen MR) is 92.3 cm³/mol. The number of amides is 1. The molecule has 0 aliphatic carbocycles. The Kier molecular flexibility index (Phi) is 4.73. The van der Waals surface area contributed by atoms with Crippen molar-refractivity contribution < 1.29 is 9.53 Å². The third-order valence-electron chi connectivity index (χ3n) is 4.27. The minimum atomic E-state index is -0.226. The van der Waals surface area contributed by atoms with Crippen LogP contribution in [-0.2, 0) is 11.8 Å². The number of rotatable bonds is 2. The Bertz CT molecular complexity index is 818. The van der Waals surface area contributed by atoms with E-state index >= 15 is 0 Å². The number of hydrogen-bond donors (Lipinski definition) is 0. The molecule has 0 spiro atoms. The molecule has 0 bridgehead atoms. The molecule has 0 radical (unpaired) electrons. The molecule has 126 valence electrons. The highest BCUT2D eigenvalue weighted by Crippen LogP contribution is 2.27. The molecule has 0 unspecified atom stereocenters. The zero-order chi connectivity index (χ0) is 17.3. The van der Waals surface area contributed by atoms with Crippen molar-refractivity contribution in [3.05, 3.63) is 69.1 Å². The van der Waals surface area contributed by atoms with Crippen molar-refractivity contribution >= 4 is 17.5 Å². The summed E-state index contributed by atoms with van der Waals surface area (Å²) < 4.78 is 7.31. The molecule has 1 aromatic heterocycles. The highest BCUT2D eigenvalue weighted by Gasteiger charge is 2.31. The lowest BCUT2D eigenvalue weighted by atomic mass is 10.0. The molecule has 1 saturated heterocycles. The summed E-state index contributed by atoms with van der Waals surface area (Å²) >= 11 is 6.05. The van der Waals surface area contributed by atoms with E-state index in [9.17, 15) is 9.59 Å². The Balaban J connectivity index is 1.84. The van der Waals surface area contributed by atoms with Crippen LogP contribution in [0.15, 0.2) is 47.4 Å². The Hall–Kier alpha value is -2.11. The van der Waals surface area contributed by atoms with Crippen molar-refractivity contribution in [1.82, 2.24) is 9.47 Å². The summed E-state index contributed by atoms with van der Waals surface area (Å²) in [6.07, 6.45) is 1.38. The normalized spacial score (nSPS) is 20.9. The molecule has 6 heteroatoms. The van der Waals surface area contributed by atoms with E-state index in [2.05, 4.69) is 0 Å². The second-order valence-corrected chi connectivity index (χ2v) is 6.48. The van der Waals surface area contributed by atoms with Crippen molar-refractivity contribution in [3.8, 4) is 0 Å². The summed E-state index contributed by atoms with van der Waals surface area (Å²) in [5, 5.41) is 0.638. The second-order valence-electron chi connectivity index (χ2n) is 6.05. The average molecular weight is 347 g/mol. The number of benzene rings is 1. The topological polar surface area (TPSA) is 51.5 Å². The lowest BCUT2D eigenvalue weighted by molar-refractivity contribution is -0.0486. The molecule has 1 aliphatic heterocycles. The fraction of sp³-hybridized carbons (Fsp3) is 0.333. The van der Waals surface area contributed by atoms with Gasteiger partial charge in [0.1, 0.15) is 6.10 Å². The highest BCUT2D eigenvalue weighted by atomic mass is 35.5. The molecule has 5 nitrogen and oxygen atoms in total. The molecule has 24 heavy (non-hydrogen) atoms. The van der Waals surface area contributed by atoms with Crippen molar-refractivity contribution in [2.45, 2.75) is 19.1 Å². The summed E-state index contributed by atoms with van der Waals surface area (Å²) in [5.41, 5.74) is 1.14. The van der Waals surface area contributed by atoms with E-state index in [0.29, 0.717) is 23.7 Å². The van der Waals surface area contributed by atoms with Gasteiger partial charge in [0.2, 0.25) is 0 Å². The first-order chi connectivity index (χ1) is 11.5. The van der Waals surface area contributed by atoms with Crippen LogP contribution in [0, 0.1) is 0 Å². The third kappa shape index (κ3) is 3.37. The number of carbonyl (C=O) groups is 1. The van der Waals surface area contributed by atoms with Crippen LogP contribution < -0.4 is 5.56 Å². The number of carbonyl (C=O) groups excluding carboxylic acids is 1. The van der Waals surface area contributed by atoms with Crippen LogP contribution in [-0.4, -0.2) is 34.6 Å². The van der Waals surface area contributed by atoms with Gasteiger partial charge in [-0.25, -0.2) is 0 Å². The van der Waals surface area contributed by atoms with Crippen LogP contribution in [0.5, 0.6) is 0 Å². The van der Waals surface area contributed by atoms with Crippen LogP contribution in [0.4, 0.5) is 0 Å². The first-order valence-corrected chi connectivity index (χ1v) is 8.18. The molecule has 1 aliphatic rings. The molecule has 3 rings (SSSR count). The molecule has 2 heterocycles. The smallest absolute Gasteiger partial charge is 0.254 e. The summed E-state index contributed by atoms with van der Waals surface area (Å²) in [5.74, 6) is -0.157. The lowest BCUT2D eigenvalue weighted by Crippen LogP contribution is -2.48. The predicted octanol–water partition coefficient (Wildman–Crippen LogP) is 2.64. The van der Waals surface area contributed by atoms with Crippen molar-refractivity contribution in [2.24, 2.45) is 7.05 Å². The summed E-state index contributed by atoms with van der Waals surface area (Å²) in [4.78, 5) is 26.4. The third-order valence-corrected chi connectivity index (χ3v) is 4.50. The Morgan fingerprint density at radius 2 is 2.08 bits per heavy atom. The van der Waals surface area contributed by atoms with Gasteiger partial charge < -0.3 is 14.2 Å². The monoisotopic (exact) mass is 346 g/mol. The first-order valence-electron chi connectivity index (χ1n) is 7.80. The molecule has 0 N–H and O–H groups in total. The summed E-state index contributed by atoms with van der Waals surface area (Å²) in [6, 6.07) is 10.4. The van der Waals surface area contributed by atoms with E-state index in [1.165, 1.54) is 10.6 Å². The molecule has 0 saturated carbocycles. The maximum absolute atomic E-state index is 12.8. The molecule has 1 amide bonds. The zero-order valence-corrected chi connectivity index (χ0v) is 14.4. The standard InChI is InChI=1S/C18H19ClN2O3/c1-12-11-24-16(13-4-3-5-15(19)8-13)10-21(12)18(23)14-6-7-20(2)17(22)9-14/h3-9,12,16H,10-11H2,1-2H3/t12-,16-/m1/s1. The van der Waals surface area contributed by atoms with E-state index in [1.807, 2.05) is 25.1 Å². The van der Waals surface area contributed by atoms with Gasteiger partial charge in [0.05, 0.1) is 19.2 Å². The van der Waals surface area contributed by atoms with Crippen LogP contribution in [0.2, 0.25) is 5.02 Å². The first kappa shape index (κ1) is 16.7. The SMILES string of the molecule is C[C@@H]1CO[C@@H](c2cccc(Cl)c2)CN1C(=O)c1ccn(C)c(=O)c1. The van der Waals surface area contributed by atoms with E-state index in [0.717, 1.165) is 5.56 Å². The molecule has 2 aromatic rings. The second kappa shape index (κ2) is 6.79. The van der Waals surface area contributed by atoms with Crippen LogP contribution in [0.3, 0.4) is 0 Å². The lowest BCUT2D eigenvalue weighted by Gasteiger charge is -2.38. The van der Waals surface area contributed by atoms with E-state index in [4.69, 9.17) is 16.3 Å². The van der Waals surface area contributed by atoms with Crippen molar-refractivity contribution in [2.75, 3.05) is 13.2 Å². The number of aromatic nitrogens is 1. The molecule has 1 aromatic carbocycles. The largest absolute Gasteiger partial charge is 0.370 e. The molecule has 2 atom stereocenters. The highest BCUT2D eigenvalue weighted by molar-refractivity contribution is 6.30. The van der Waals surface area contributed by atoms with Gasteiger partial charge in [-0.15, -0.1) is 0 Å². The Morgan fingerprint density at radius 3 is 2.79 bits per heavy atom. The van der Waals surface area contributed by atoms with Gasteiger partial charge in [-0.1, -0.05) is 23.7 Å². The number of halogens is 1. The molecule has 1 fully saturated rings. The molecular weight excluding hydrogens is 328 g/mol. The number of pyridine rings is 1. The van der Waals surface area contributed by atoms with E-state index in [-0.39, 0.29) is 23.6 Å². The van der Waals surface area contributed by atoms with Gasteiger partial charge in [0.25, 0.3) is 11.5 Å². The fourth-order valence-electron chi connectivity index (χ4n) is 2.80. The fourth-order valence-corrected chi connectivity index (χ4v) is 2.99. The minimum absolute atomic E-state index is 0.0583. The zero-order valence-electron chi connectivity index (χ0n) is 13.6. The van der Waals surface area contributed by atoms with Crippen LogP contribution in [0.25, 0.3) is 0 Å². The van der Waals surface area contributed by atoms with Gasteiger partial charge in [-0.3, -0.25) is 9.59 Å². The number of ether oxygens (including phenoxy) is 1. The maximum atomic E-state index is 12.8. The number of nitrogens with zero attached hydrogens (tertiary/aromatic N) is 2. The van der Waals surface area contributed by atoms with Gasteiger partial charge in [-0.05, 0) is 30.7 Å². The van der Waals surface area contributed by atoms with Crippen molar-refractivity contribution in [3.63, 3.8) is 0 Å². The minimum Gasteiger partial charge on any atom is -0.370 e. The summed E-state index contributed by atoms with van der Waals surface area (Å²) in [6.45, 7) is 2.80. The van der Waals surface area contributed by atoms with Crippen LogP contribution in [0.1, 0.15) is 28.9 Å². The number of morpholine rings is 1. The van der Waals surface area contributed by atoms with Crippen molar-refractivity contribution in [1.29, 1.82) is 0 Å². The van der Waals surface area contributed by atoms with Gasteiger partial charge in [0, 0.05) is 29.9 Å². The Morgan fingerprint density at radius 1 is 1.29 bits per heavy atom. The number of hydrogen-bond acceptors (Lipinski definition) is 3. The quantitative estimate of drug-likeness (QED) is 0.840. The Labute approximate surface area is 145 Å². The summed E-state index contributed by atoms with van der Waals surface area (Å²) in [7, 11) is 1.66. The van der Waals surface area contributed by atoms with Gasteiger partial charge in [-0.2, -0.15) is 0 Å².